The molecule has 3 unspecified atom stereocenters. The quantitative estimate of drug-likeness (QED) is 0.752. The number of rotatable bonds is 4. The van der Waals surface area contributed by atoms with Gasteiger partial charge in [-0.15, -0.1) is 0 Å². The van der Waals surface area contributed by atoms with E-state index < -0.39 is 0 Å². The highest BCUT2D eigenvalue weighted by atomic mass is 15.1. The third-order valence-corrected chi connectivity index (χ3v) is 4.64. The first-order valence-corrected chi connectivity index (χ1v) is 7.50. The Kier molecular flexibility index (Phi) is 5.66. The molecule has 0 heterocycles. The van der Waals surface area contributed by atoms with E-state index in [9.17, 15) is 5.26 Å². The van der Waals surface area contributed by atoms with E-state index in [1.807, 2.05) is 0 Å². The molecule has 0 bridgehead atoms. The van der Waals surface area contributed by atoms with Crippen molar-refractivity contribution in [1.29, 1.82) is 5.26 Å². The van der Waals surface area contributed by atoms with E-state index >= 15 is 0 Å². The number of unbranched alkanes of at least 4 members (excludes halogenated alkanes) is 1. The summed E-state index contributed by atoms with van der Waals surface area (Å²) < 4.78 is 0. The summed E-state index contributed by atoms with van der Waals surface area (Å²) in [6.45, 7) is 10.4. The fraction of sp³-hybridized carbons (Fsp3) is 0.938. The lowest BCUT2D eigenvalue weighted by Crippen LogP contribution is -2.44. The van der Waals surface area contributed by atoms with E-state index in [1.165, 1.54) is 25.7 Å². The van der Waals surface area contributed by atoms with Crippen molar-refractivity contribution in [2.24, 2.45) is 17.3 Å². The summed E-state index contributed by atoms with van der Waals surface area (Å²) in [6.07, 6.45) is 5.98. The van der Waals surface area contributed by atoms with E-state index in [0.29, 0.717) is 11.5 Å². The number of nitriles is 1. The van der Waals surface area contributed by atoms with Crippen molar-refractivity contribution in [3.8, 4) is 6.07 Å². The third kappa shape index (κ3) is 3.99. The minimum absolute atomic E-state index is 0.241. The standard InChI is InChI=1S/C16H30N2/c1-6-7-10-18(5)15-11-14(16(2,3)4)9-8-13(15)12-17/h13-15H,6-11H2,1-5H3. The molecule has 18 heavy (non-hydrogen) atoms. The first-order chi connectivity index (χ1) is 8.40. The van der Waals surface area contributed by atoms with Crippen LogP contribution in [0.3, 0.4) is 0 Å². The minimum Gasteiger partial charge on any atom is -0.302 e. The minimum atomic E-state index is 0.241. The molecule has 0 N–H and O–H groups in total. The highest BCUT2D eigenvalue weighted by molar-refractivity contribution is 4.98. The SMILES string of the molecule is CCCCN(C)C1CC(C(C)(C)C)CCC1C#N. The molecule has 2 nitrogen and oxygen atoms in total. The summed E-state index contributed by atoms with van der Waals surface area (Å²) in [5, 5.41) is 9.35. The maximum absolute atomic E-state index is 9.35. The van der Waals surface area contributed by atoms with Crippen LogP contribution < -0.4 is 0 Å². The van der Waals surface area contributed by atoms with Gasteiger partial charge in [0.25, 0.3) is 0 Å². The van der Waals surface area contributed by atoms with Gasteiger partial charge in [0.2, 0.25) is 0 Å². The highest BCUT2D eigenvalue weighted by Crippen LogP contribution is 2.41. The lowest BCUT2D eigenvalue weighted by molar-refractivity contribution is 0.0744. The van der Waals surface area contributed by atoms with Gasteiger partial charge in [-0.3, -0.25) is 0 Å². The second-order valence-corrected chi connectivity index (χ2v) is 7.01. The Morgan fingerprint density at radius 3 is 2.44 bits per heavy atom. The molecule has 0 aromatic carbocycles. The van der Waals surface area contributed by atoms with Gasteiger partial charge in [0.1, 0.15) is 0 Å². The van der Waals surface area contributed by atoms with Gasteiger partial charge < -0.3 is 4.90 Å². The molecule has 1 aliphatic carbocycles. The molecule has 3 atom stereocenters. The molecule has 2 heteroatoms. The predicted octanol–water partition coefficient (Wildman–Crippen LogP) is 4.07. The van der Waals surface area contributed by atoms with Crippen molar-refractivity contribution >= 4 is 0 Å². The van der Waals surface area contributed by atoms with Gasteiger partial charge in [0.15, 0.2) is 0 Å². The first kappa shape index (κ1) is 15.5. The second-order valence-electron chi connectivity index (χ2n) is 7.01. The van der Waals surface area contributed by atoms with Gasteiger partial charge in [-0.25, -0.2) is 0 Å². The fourth-order valence-electron chi connectivity index (χ4n) is 3.14. The fourth-order valence-corrected chi connectivity index (χ4v) is 3.14. The Bertz CT molecular complexity index is 284. The normalized spacial score (nSPS) is 29.3. The Hall–Kier alpha value is -0.550. The number of hydrogen-bond donors (Lipinski definition) is 0. The van der Waals surface area contributed by atoms with Crippen molar-refractivity contribution in [2.75, 3.05) is 13.6 Å². The van der Waals surface area contributed by atoms with Gasteiger partial charge >= 0.3 is 0 Å². The van der Waals surface area contributed by atoms with E-state index in [1.54, 1.807) is 0 Å². The van der Waals surface area contributed by atoms with Crippen molar-refractivity contribution < 1.29 is 0 Å². The van der Waals surface area contributed by atoms with Crippen LogP contribution in [0.2, 0.25) is 0 Å². The molecule has 1 rings (SSSR count). The number of nitrogens with zero attached hydrogens (tertiary/aromatic N) is 2. The van der Waals surface area contributed by atoms with E-state index in [0.717, 1.165) is 18.9 Å². The highest BCUT2D eigenvalue weighted by Gasteiger charge is 2.37. The second kappa shape index (κ2) is 6.57. The first-order valence-electron chi connectivity index (χ1n) is 7.50. The zero-order chi connectivity index (χ0) is 13.8. The molecule has 0 amide bonds. The summed E-state index contributed by atoms with van der Waals surface area (Å²) in [4.78, 5) is 2.44. The molecule has 0 aromatic rings. The van der Waals surface area contributed by atoms with Crippen LogP contribution in [0.25, 0.3) is 0 Å². The molecule has 1 saturated carbocycles. The van der Waals surface area contributed by atoms with Crippen LogP contribution in [-0.4, -0.2) is 24.5 Å². The van der Waals surface area contributed by atoms with Crippen LogP contribution in [0.4, 0.5) is 0 Å². The van der Waals surface area contributed by atoms with Crippen LogP contribution >= 0.6 is 0 Å². The van der Waals surface area contributed by atoms with Crippen molar-refractivity contribution in [3.05, 3.63) is 0 Å². The van der Waals surface area contributed by atoms with Gasteiger partial charge in [-0.05, 0) is 50.6 Å². The van der Waals surface area contributed by atoms with E-state index in [2.05, 4.69) is 45.7 Å². The summed E-state index contributed by atoms with van der Waals surface area (Å²) >= 11 is 0. The Morgan fingerprint density at radius 1 is 1.28 bits per heavy atom. The third-order valence-electron chi connectivity index (χ3n) is 4.64. The zero-order valence-corrected chi connectivity index (χ0v) is 12.9. The van der Waals surface area contributed by atoms with E-state index in [4.69, 9.17) is 0 Å². The van der Waals surface area contributed by atoms with Crippen molar-refractivity contribution in [3.63, 3.8) is 0 Å². The average Bonchev–Trinajstić information content (AvgIpc) is 2.34. The van der Waals surface area contributed by atoms with Gasteiger partial charge in [0.05, 0.1) is 12.0 Å². The molecule has 1 fully saturated rings. The molecule has 0 aromatic heterocycles. The van der Waals surface area contributed by atoms with Crippen molar-refractivity contribution in [2.45, 2.75) is 65.8 Å². The summed E-state index contributed by atoms with van der Waals surface area (Å²) in [7, 11) is 2.20. The van der Waals surface area contributed by atoms with Crippen molar-refractivity contribution in [1.82, 2.24) is 4.90 Å². The topological polar surface area (TPSA) is 27.0 Å². The largest absolute Gasteiger partial charge is 0.302 e. The lowest BCUT2D eigenvalue weighted by Gasteiger charge is -2.43. The van der Waals surface area contributed by atoms with Gasteiger partial charge in [-0.2, -0.15) is 5.26 Å². The smallest absolute Gasteiger partial charge is 0.0672 e. The Labute approximate surface area is 113 Å². The Balaban J connectivity index is 2.68. The van der Waals surface area contributed by atoms with Crippen LogP contribution in [0.5, 0.6) is 0 Å². The number of hydrogen-bond acceptors (Lipinski definition) is 2. The predicted molar refractivity (Wildman–Crippen MR) is 77.2 cm³/mol. The summed E-state index contributed by atoms with van der Waals surface area (Å²) in [6, 6.07) is 3.01. The molecular formula is C16H30N2. The van der Waals surface area contributed by atoms with Crippen LogP contribution in [0, 0.1) is 28.6 Å². The zero-order valence-electron chi connectivity index (χ0n) is 12.9. The van der Waals surface area contributed by atoms with Crippen LogP contribution in [0.1, 0.15) is 59.8 Å². The molecular weight excluding hydrogens is 220 g/mol. The average molecular weight is 250 g/mol. The van der Waals surface area contributed by atoms with Gasteiger partial charge in [0, 0.05) is 6.04 Å². The monoisotopic (exact) mass is 250 g/mol. The lowest BCUT2D eigenvalue weighted by atomic mass is 9.68. The Morgan fingerprint density at radius 2 is 1.94 bits per heavy atom. The summed E-state index contributed by atoms with van der Waals surface area (Å²) in [5.41, 5.74) is 0.379. The van der Waals surface area contributed by atoms with Crippen LogP contribution in [-0.2, 0) is 0 Å². The van der Waals surface area contributed by atoms with Gasteiger partial charge in [-0.1, -0.05) is 34.1 Å². The molecule has 0 spiro atoms. The van der Waals surface area contributed by atoms with E-state index in [-0.39, 0.29) is 5.92 Å². The summed E-state index contributed by atoms with van der Waals surface area (Å²) in [5.74, 6) is 1.00. The maximum atomic E-state index is 9.35. The van der Waals surface area contributed by atoms with Crippen LogP contribution in [0.15, 0.2) is 0 Å². The molecule has 0 saturated heterocycles. The molecule has 104 valence electrons. The molecule has 0 radical (unpaired) electrons. The molecule has 1 aliphatic rings. The molecule has 0 aliphatic heterocycles. The maximum Gasteiger partial charge on any atom is 0.0672 e.